The van der Waals surface area contributed by atoms with Crippen molar-refractivity contribution in [2.45, 2.75) is 20.3 Å². The molecule has 0 fully saturated rings. The number of carbonyl (C=O) groups excluding carboxylic acids is 2. The lowest BCUT2D eigenvalue weighted by Gasteiger charge is -2.11. The number of rotatable bonds is 6. The number of likely N-dealkylation sites (N-methyl/N-ethyl adjacent to an activating group) is 1. The predicted molar refractivity (Wildman–Crippen MR) is 92.2 cm³/mol. The van der Waals surface area contributed by atoms with Crippen molar-refractivity contribution in [3.05, 3.63) is 41.3 Å². The maximum absolute atomic E-state index is 12.4. The SMILES string of the molecule is CCc1noc(C)c1C(=O)Nc1cccc(NC(=O)CN(C)C)c1. The molecule has 7 heteroatoms. The number of aromatic nitrogens is 1. The lowest BCUT2D eigenvalue weighted by molar-refractivity contribution is -0.116. The molecular weight excluding hydrogens is 308 g/mol. The third-order valence-corrected chi connectivity index (χ3v) is 3.36. The number of carbonyl (C=O) groups is 2. The molecule has 0 aliphatic carbocycles. The van der Waals surface area contributed by atoms with Crippen LogP contribution in [0.4, 0.5) is 11.4 Å². The highest BCUT2D eigenvalue weighted by Crippen LogP contribution is 2.19. The molecule has 0 unspecified atom stereocenters. The first-order valence-electron chi connectivity index (χ1n) is 7.71. The van der Waals surface area contributed by atoms with E-state index in [4.69, 9.17) is 4.52 Å². The monoisotopic (exact) mass is 330 g/mol. The Morgan fingerprint density at radius 3 is 2.50 bits per heavy atom. The molecule has 0 radical (unpaired) electrons. The number of hydrogen-bond donors (Lipinski definition) is 2. The van der Waals surface area contributed by atoms with E-state index in [1.807, 2.05) is 21.0 Å². The molecule has 1 aromatic carbocycles. The number of nitrogens with zero attached hydrogens (tertiary/aromatic N) is 2. The second-order valence-corrected chi connectivity index (χ2v) is 5.73. The Labute approximate surface area is 141 Å². The Morgan fingerprint density at radius 2 is 1.88 bits per heavy atom. The van der Waals surface area contributed by atoms with E-state index in [0.717, 1.165) is 0 Å². The molecule has 2 aromatic rings. The fourth-order valence-corrected chi connectivity index (χ4v) is 2.31. The van der Waals surface area contributed by atoms with Gasteiger partial charge >= 0.3 is 0 Å². The molecule has 2 amide bonds. The molecule has 2 rings (SSSR count). The van der Waals surface area contributed by atoms with Crippen LogP contribution >= 0.6 is 0 Å². The molecule has 0 bridgehead atoms. The van der Waals surface area contributed by atoms with Crippen LogP contribution in [0.15, 0.2) is 28.8 Å². The van der Waals surface area contributed by atoms with Gasteiger partial charge in [0.15, 0.2) is 0 Å². The van der Waals surface area contributed by atoms with E-state index in [1.165, 1.54) is 0 Å². The van der Waals surface area contributed by atoms with Crippen molar-refractivity contribution in [1.29, 1.82) is 0 Å². The van der Waals surface area contributed by atoms with E-state index >= 15 is 0 Å². The van der Waals surface area contributed by atoms with Crippen molar-refractivity contribution in [2.75, 3.05) is 31.3 Å². The van der Waals surface area contributed by atoms with Gasteiger partial charge in [0.2, 0.25) is 5.91 Å². The molecule has 2 N–H and O–H groups in total. The fraction of sp³-hybridized carbons (Fsp3) is 0.353. The van der Waals surface area contributed by atoms with Crippen molar-refractivity contribution < 1.29 is 14.1 Å². The molecule has 0 saturated heterocycles. The summed E-state index contributed by atoms with van der Waals surface area (Å²) < 4.78 is 5.09. The van der Waals surface area contributed by atoms with Gasteiger partial charge in [0.1, 0.15) is 11.3 Å². The summed E-state index contributed by atoms with van der Waals surface area (Å²) in [7, 11) is 3.64. The van der Waals surface area contributed by atoms with Gasteiger partial charge < -0.3 is 20.1 Å². The van der Waals surface area contributed by atoms with Gasteiger partial charge in [-0.15, -0.1) is 0 Å². The molecular formula is C17H22N4O3. The van der Waals surface area contributed by atoms with Crippen molar-refractivity contribution in [2.24, 2.45) is 0 Å². The van der Waals surface area contributed by atoms with E-state index in [9.17, 15) is 9.59 Å². The number of hydrogen-bond acceptors (Lipinski definition) is 5. The van der Waals surface area contributed by atoms with Crippen LogP contribution in [0.2, 0.25) is 0 Å². The van der Waals surface area contributed by atoms with Gasteiger partial charge in [-0.25, -0.2) is 0 Å². The van der Waals surface area contributed by atoms with E-state index < -0.39 is 0 Å². The summed E-state index contributed by atoms with van der Waals surface area (Å²) in [6.45, 7) is 3.91. The largest absolute Gasteiger partial charge is 0.361 e. The first-order valence-corrected chi connectivity index (χ1v) is 7.71. The molecule has 0 spiro atoms. The standard InChI is InChI=1S/C17H22N4O3/c1-5-14-16(11(2)24-20-14)17(23)19-13-8-6-7-12(9-13)18-15(22)10-21(3)4/h6-9H,5,10H2,1-4H3,(H,18,22)(H,19,23). The normalized spacial score (nSPS) is 10.7. The quantitative estimate of drug-likeness (QED) is 0.848. The fourth-order valence-electron chi connectivity index (χ4n) is 2.31. The van der Waals surface area contributed by atoms with Gasteiger partial charge in [-0.1, -0.05) is 18.1 Å². The Kier molecular flexibility index (Phi) is 5.70. The zero-order chi connectivity index (χ0) is 17.7. The lowest BCUT2D eigenvalue weighted by Crippen LogP contribution is -2.27. The summed E-state index contributed by atoms with van der Waals surface area (Å²) in [6.07, 6.45) is 0.612. The number of benzene rings is 1. The number of amides is 2. The maximum Gasteiger partial charge on any atom is 0.261 e. The van der Waals surface area contributed by atoms with Crippen LogP contribution < -0.4 is 10.6 Å². The highest BCUT2D eigenvalue weighted by Gasteiger charge is 2.19. The van der Waals surface area contributed by atoms with Crippen LogP contribution in [0.5, 0.6) is 0 Å². The third-order valence-electron chi connectivity index (χ3n) is 3.36. The number of aryl methyl sites for hydroxylation is 2. The van der Waals surface area contributed by atoms with Crippen LogP contribution in [0.25, 0.3) is 0 Å². The zero-order valence-electron chi connectivity index (χ0n) is 14.3. The van der Waals surface area contributed by atoms with Crippen molar-refractivity contribution in [3.63, 3.8) is 0 Å². The third kappa shape index (κ3) is 4.42. The Bertz CT molecular complexity index is 737. The Morgan fingerprint density at radius 1 is 1.21 bits per heavy atom. The molecule has 128 valence electrons. The maximum atomic E-state index is 12.4. The Balaban J connectivity index is 2.10. The minimum absolute atomic E-state index is 0.119. The molecule has 1 heterocycles. The summed E-state index contributed by atoms with van der Waals surface area (Å²) >= 11 is 0. The summed E-state index contributed by atoms with van der Waals surface area (Å²) in [6, 6.07) is 7.00. The van der Waals surface area contributed by atoms with Gasteiger partial charge in [-0.05, 0) is 45.6 Å². The second-order valence-electron chi connectivity index (χ2n) is 5.73. The minimum Gasteiger partial charge on any atom is -0.361 e. The lowest BCUT2D eigenvalue weighted by atomic mass is 10.1. The van der Waals surface area contributed by atoms with Gasteiger partial charge in [-0.2, -0.15) is 0 Å². The second kappa shape index (κ2) is 7.74. The first-order chi connectivity index (χ1) is 11.4. The van der Waals surface area contributed by atoms with Crippen LogP contribution in [0.1, 0.15) is 28.7 Å². The van der Waals surface area contributed by atoms with Crippen LogP contribution in [0.3, 0.4) is 0 Å². The van der Waals surface area contributed by atoms with E-state index in [-0.39, 0.29) is 18.4 Å². The molecule has 0 saturated carbocycles. The van der Waals surface area contributed by atoms with Gasteiger partial charge in [-0.3, -0.25) is 9.59 Å². The van der Waals surface area contributed by atoms with Crippen LogP contribution in [-0.2, 0) is 11.2 Å². The van der Waals surface area contributed by atoms with Gasteiger partial charge in [0.25, 0.3) is 5.91 Å². The van der Waals surface area contributed by atoms with Gasteiger partial charge in [0, 0.05) is 11.4 Å². The zero-order valence-corrected chi connectivity index (χ0v) is 14.3. The molecule has 0 aliphatic rings. The van der Waals surface area contributed by atoms with Crippen LogP contribution in [-0.4, -0.2) is 42.5 Å². The van der Waals surface area contributed by atoms with E-state index in [1.54, 1.807) is 36.1 Å². The summed E-state index contributed by atoms with van der Waals surface area (Å²) in [4.78, 5) is 26.0. The minimum atomic E-state index is -0.276. The van der Waals surface area contributed by atoms with Crippen LogP contribution in [0, 0.1) is 6.92 Å². The molecule has 1 aromatic heterocycles. The summed E-state index contributed by atoms with van der Waals surface area (Å²) in [5, 5.41) is 9.49. The van der Waals surface area contributed by atoms with Crippen molar-refractivity contribution in [1.82, 2.24) is 10.1 Å². The van der Waals surface area contributed by atoms with Crippen molar-refractivity contribution >= 4 is 23.2 Å². The smallest absolute Gasteiger partial charge is 0.261 e. The number of nitrogens with one attached hydrogen (secondary N) is 2. The van der Waals surface area contributed by atoms with Gasteiger partial charge in [0.05, 0.1) is 12.2 Å². The van der Waals surface area contributed by atoms with Crippen molar-refractivity contribution in [3.8, 4) is 0 Å². The molecule has 24 heavy (non-hydrogen) atoms. The average molecular weight is 330 g/mol. The highest BCUT2D eigenvalue weighted by atomic mass is 16.5. The average Bonchev–Trinajstić information content (AvgIpc) is 2.87. The number of anilines is 2. The molecule has 0 aliphatic heterocycles. The summed E-state index contributed by atoms with van der Waals surface area (Å²) in [5.41, 5.74) is 2.29. The predicted octanol–water partition coefficient (Wildman–Crippen LogP) is 2.30. The highest BCUT2D eigenvalue weighted by molar-refractivity contribution is 6.06. The molecule has 0 atom stereocenters. The summed E-state index contributed by atoms with van der Waals surface area (Å²) in [5.74, 6) is 0.0915. The van der Waals surface area contributed by atoms with E-state index in [0.29, 0.717) is 34.8 Å². The molecule has 7 nitrogen and oxygen atoms in total. The topological polar surface area (TPSA) is 87.5 Å². The Hall–Kier alpha value is -2.67. The first kappa shape index (κ1) is 17.7. The van der Waals surface area contributed by atoms with E-state index in [2.05, 4.69) is 15.8 Å².